The van der Waals surface area contributed by atoms with Gasteiger partial charge in [0.2, 0.25) is 0 Å². The van der Waals surface area contributed by atoms with E-state index in [-0.39, 0.29) is 5.91 Å². The van der Waals surface area contributed by atoms with Gasteiger partial charge in [0.15, 0.2) is 0 Å². The topological polar surface area (TPSA) is 67.2 Å². The Kier molecular flexibility index (Phi) is 4.50. The summed E-state index contributed by atoms with van der Waals surface area (Å²) in [6.07, 6.45) is 6.84. The van der Waals surface area contributed by atoms with E-state index in [1.807, 2.05) is 33.2 Å². The Morgan fingerprint density at radius 3 is 2.60 bits per heavy atom. The highest BCUT2D eigenvalue weighted by atomic mass is 79.9. The van der Waals surface area contributed by atoms with Crippen LogP contribution in [0.1, 0.15) is 9.67 Å². The van der Waals surface area contributed by atoms with E-state index in [0.717, 1.165) is 34.1 Å². The third-order valence-corrected chi connectivity index (χ3v) is 5.76. The summed E-state index contributed by atoms with van der Waals surface area (Å²) in [5.41, 5.74) is 0. The van der Waals surface area contributed by atoms with Crippen LogP contribution in [0.15, 0.2) is 47.0 Å². The number of rotatable bonds is 3. The Morgan fingerprint density at radius 2 is 1.92 bits per heavy atom. The summed E-state index contributed by atoms with van der Waals surface area (Å²) >= 11 is 4.87. The average molecular weight is 419 g/mol. The predicted molar refractivity (Wildman–Crippen MR) is 99.3 cm³/mol. The monoisotopic (exact) mass is 418 g/mol. The fraction of sp³-hybridized carbons (Fsp3) is 0.250. The van der Waals surface area contributed by atoms with Crippen molar-refractivity contribution in [2.24, 2.45) is 0 Å². The molecule has 1 amide bonds. The highest BCUT2D eigenvalue weighted by Gasteiger charge is 2.24. The van der Waals surface area contributed by atoms with Crippen molar-refractivity contribution in [1.29, 1.82) is 0 Å². The minimum Gasteiger partial charge on any atom is -0.353 e. The molecule has 7 nitrogen and oxygen atoms in total. The first-order valence-electron chi connectivity index (χ1n) is 7.79. The molecule has 0 radical (unpaired) electrons. The lowest BCUT2D eigenvalue weighted by atomic mass is 10.3. The molecule has 0 N–H and O–H groups in total. The van der Waals surface area contributed by atoms with E-state index < -0.39 is 0 Å². The molecule has 0 aromatic carbocycles. The number of nitrogens with zero attached hydrogens (tertiary/aromatic N) is 6. The van der Waals surface area contributed by atoms with Gasteiger partial charge in [-0.15, -0.1) is 11.3 Å². The molecule has 4 heterocycles. The van der Waals surface area contributed by atoms with Crippen LogP contribution in [0.4, 0.5) is 5.82 Å². The molecule has 1 saturated heterocycles. The van der Waals surface area contributed by atoms with Crippen molar-refractivity contribution in [3.8, 4) is 5.82 Å². The van der Waals surface area contributed by atoms with Crippen molar-refractivity contribution >= 4 is 39.0 Å². The third kappa shape index (κ3) is 3.42. The molecule has 3 aromatic heterocycles. The quantitative estimate of drug-likeness (QED) is 0.653. The number of hydrogen-bond acceptors (Lipinski definition) is 6. The van der Waals surface area contributed by atoms with Crippen molar-refractivity contribution in [2.45, 2.75) is 0 Å². The van der Waals surface area contributed by atoms with E-state index in [1.54, 1.807) is 18.9 Å². The third-order valence-electron chi connectivity index (χ3n) is 4.08. The summed E-state index contributed by atoms with van der Waals surface area (Å²) in [6.45, 7) is 2.86. The van der Waals surface area contributed by atoms with Gasteiger partial charge < -0.3 is 9.80 Å². The van der Waals surface area contributed by atoms with Crippen molar-refractivity contribution in [1.82, 2.24) is 24.4 Å². The second-order valence-electron chi connectivity index (χ2n) is 5.61. The molecule has 0 bridgehead atoms. The molecule has 1 aliphatic rings. The molecular formula is C16H15BrN6OS. The zero-order valence-electron chi connectivity index (χ0n) is 13.2. The van der Waals surface area contributed by atoms with Crippen molar-refractivity contribution in [3.05, 3.63) is 51.9 Å². The normalized spacial score (nSPS) is 14.8. The van der Waals surface area contributed by atoms with Crippen molar-refractivity contribution < 1.29 is 4.79 Å². The predicted octanol–water partition coefficient (Wildman–Crippen LogP) is 2.45. The molecule has 0 atom stereocenters. The smallest absolute Gasteiger partial charge is 0.264 e. The number of aromatic nitrogens is 4. The maximum absolute atomic E-state index is 12.5. The van der Waals surface area contributed by atoms with Gasteiger partial charge in [0.25, 0.3) is 5.91 Å². The lowest BCUT2D eigenvalue weighted by Crippen LogP contribution is -2.48. The first kappa shape index (κ1) is 16.2. The minimum atomic E-state index is 0.0946. The average Bonchev–Trinajstić information content (AvgIpc) is 3.33. The second kappa shape index (κ2) is 6.93. The van der Waals surface area contributed by atoms with E-state index in [4.69, 9.17) is 0 Å². The van der Waals surface area contributed by atoms with Gasteiger partial charge in [-0.05, 0) is 22.0 Å². The maximum atomic E-state index is 12.5. The Balaban J connectivity index is 1.44. The number of imidazole rings is 1. The summed E-state index contributed by atoms with van der Waals surface area (Å²) in [5.74, 6) is 1.74. The fourth-order valence-electron chi connectivity index (χ4n) is 2.77. The van der Waals surface area contributed by atoms with Gasteiger partial charge in [-0.2, -0.15) is 0 Å². The second-order valence-corrected chi connectivity index (χ2v) is 7.44. The standard InChI is InChI=1S/C16H15BrN6OS/c17-12-7-13(25-9-12)16(24)22-5-3-21(4-6-22)14-8-15(20-10-19-14)23-2-1-18-11-23/h1-2,7-11H,3-6H2. The zero-order chi connectivity index (χ0) is 17.2. The molecule has 4 rings (SSSR count). The molecular weight excluding hydrogens is 404 g/mol. The van der Waals surface area contributed by atoms with Gasteiger partial charge in [-0.25, -0.2) is 15.0 Å². The number of carbonyl (C=O) groups is 1. The molecule has 0 aliphatic carbocycles. The van der Waals surface area contributed by atoms with E-state index in [2.05, 4.69) is 35.8 Å². The first-order chi connectivity index (χ1) is 12.2. The number of anilines is 1. The highest BCUT2D eigenvalue weighted by molar-refractivity contribution is 9.10. The van der Waals surface area contributed by atoms with Crippen molar-refractivity contribution in [3.63, 3.8) is 0 Å². The summed E-state index contributed by atoms with van der Waals surface area (Å²) in [5, 5.41) is 1.93. The van der Waals surface area contributed by atoms with Crippen LogP contribution in [0.3, 0.4) is 0 Å². The number of thiophene rings is 1. The van der Waals surface area contributed by atoms with Crippen LogP contribution in [-0.2, 0) is 0 Å². The van der Waals surface area contributed by atoms with Gasteiger partial charge >= 0.3 is 0 Å². The first-order valence-corrected chi connectivity index (χ1v) is 9.46. The number of halogens is 1. The molecule has 0 spiro atoms. The largest absolute Gasteiger partial charge is 0.353 e. The van der Waals surface area contributed by atoms with Crippen LogP contribution >= 0.6 is 27.3 Å². The van der Waals surface area contributed by atoms with Crippen LogP contribution in [-0.4, -0.2) is 56.5 Å². The van der Waals surface area contributed by atoms with Crippen LogP contribution in [0, 0.1) is 0 Å². The van der Waals surface area contributed by atoms with E-state index in [0.29, 0.717) is 13.1 Å². The molecule has 9 heteroatoms. The lowest BCUT2D eigenvalue weighted by Gasteiger charge is -2.35. The lowest BCUT2D eigenvalue weighted by molar-refractivity contribution is 0.0751. The van der Waals surface area contributed by atoms with Crippen LogP contribution in [0.5, 0.6) is 0 Å². The SMILES string of the molecule is O=C(c1cc(Br)cs1)N1CCN(c2cc(-n3ccnc3)ncn2)CC1. The molecule has 1 aliphatic heterocycles. The van der Waals surface area contributed by atoms with Crippen LogP contribution < -0.4 is 4.90 Å². The Hall–Kier alpha value is -2.26. The summed E-state index contributed by atoms with van der Waals surface area (Å²) in [6, 6.07) is 3.82. The Bertz CT molecular complexity index is 872. The minimum absolute atomic E-state index is 0.0946. The number of hydrogen-bond donors (Lipinski definition) is 0. The number of carbonyl (C=O) groups excluding carboxylic acids is 1. The molecule has 128 valence electrons. The Labute approximate surface area is 157 Å². The molecule has 0 unspecified atom stereocenters. The zero-order valence-corrected chi connectivity index (χ0v) is 15.7. The van der Waals surface area contributed by atoms with E-state index in [1.165, 1.54) is 11.3 Å². The summed E-state index contributed by atoms with van der Waals surface area (Å²) in [4.78, 5) is 30.1. The number of piperazine rings is 1. The Morgan fingerprint density at radius 1 is 1.12 bits per heavy atom. The fourth-order valence-corrected chi connectivity index (χ4v) is 4.16. The van der Waals surface area contributed by atoms with E-state index >= 15 is 0 Å². The molecule has 1 fully saturated rings. The van der Waals surface area contributed by atoms with Crippen molar-refractivity contribution in [2.75, 3.05) is 31.1 Å². The summed E-state index contributed by atoms with van der Waals surface area (Å²) in [7, 11) is 0. The van der Waals surface area contributed by atoms with Gasteiger partial charge in [0.05, 0.1) is 4.88 Å². The molecule has 0 saturated carbocycles. The maximum Gasteiger partial charge on any atom is 0.264 e. The van der Waals surface area contributed by atoms with E-state index in [9.17, 15) is 4.79 Å². The van der Waals surface area contributed by atoms with Gasteiger partial charge in [0, 0.05) is 54.5 Å². The van der Waals surface area contributed by atoms with Gasteiger partial charge in [-0.1, -0.05) is 0 Å². The van der Waals surface area contributed by atoms with Crippen LogP contribution in [0.25, 0.3) is 5.82 Å². The molecule has 3 aromatic rings. The highest BCUT2D eigenvalue weighted by Crippen LogP contribution is 2.22. The van der Waals surface area contributed by atoms with Gasteiger partial charge in [-0.3, -0.25) is 9.36 Å². The number of amides is 1. The molecule has 25 heavy (non-hydrogen) atoms. The van der Waals surface area contributed by atoms with Gasteiger partial charge in [0.1, 0.15) is 24.3 Å². The summed E-state index contributed by atoms with van der Waals surface area (Å²) < 4.78 is 2.80. The van der Waals surface area contributed by atoms with Crippen LogP contribution in [0.2, 0.25) is 0 Å².